The lowest BCUT2D eigenvalue weighted by atomic mass is 9.67. The van der Waals surface area contributed by atoms with Gasteiger partial charge < -0.3 is 10.2 Å². The summed E-state index contributed by atoms with van der Waals surface area (Å²) in [5.41, 5.74) is 4.45. The summed E-state index contributed by atoms with van der Waals surface area (Å²) < 4.78 is 0. The van der Waals surface area contributed by atoms with Crippen LogP contribution >= 0.6 is 0 Å². The fourth-order valence-electron chi connectivity index (χ4n) is 4.50. The number of carbonyl (C=O) groups is 1. The average molecular weight is 397 g/mol. The first-order valence-electron chi connectivity index (χ1n) is 10.5. The predicted octanol–water partition coefficient (Wildman–Crippen LogP) is 5.55. The van der Waals surface area contributed by atoms with Gasteiger partial charge in [-0.15, -0.1) is 0 Å². The summed E-state index contributed by atoms with van der Waals surface area (Å²) in [6.07, 6.45) is 1.55. The Morgan fingerprint density at radius 1 is 1.03 bits per heavy atom. The van der Waals surface area contributed by atoms with E-state index in [1.165, 1.54) is 5.56 Å². The molecule has 0 aliphatic rings. The second-order valence-electron chi connectivity index (χ2n) is 9.59. The highest BCUT2D eigenvalue weighted by Crippen LogP contribution is 2.42. The Labute approximate surface area is 175 Å². The molecule has 1 atom stereocenters. The van der Waals surface area contributed by atoms with Gasteiger partial charge in [-0.2, -0.15) is 0 Å². The summed E-state index contributed by atoms with van der Waals surface area (Å²) in [6, 6.07) is 12.2. The molecule has 0 radical (unpaired) electrons. The van der Waals surface area contributed by atoms with Crippen molar-refractivity contribution in [3.05, 3.63) is 69.8 Å². The van der Waals surface area contributed by atoms with Crippen molar-refractivity contribution in [3.8, 4) is 0 Å². The maximum atomic E-state index is 12.7. The Morgan fingerprint density at radius 3 is 2.10 bits per heavy atom. The highest BCUT2D eigenvalue weighted by atomic mass is 16.4. The smallest absolute Gasteiger partial charge is 0.318 e. The molecule has 0 saturated carbocycles. The maximum absolute atomic E-state index is 12.7. The summed E-state index contributed by atoms with van der Waals surface area (Å²) in [6.45, 7) is 14.4. The summed E-state index contributed by atoms with van der Waals surface area (Å²) in [5, 5.41) is 20.0. The highest BCUT2D eigenvalue weighted by molar-refractivity contribution is 5.86. The van der Waals surface area contributed by atoms with Crippen LogP contribution in [-0.2, 0) is 22.0 Å². The minimum atomic E-state index is -1.17. The molecule has 0 fully saturated rings. The number of aliphatic hydroxyl groups excluding tert-OH is 1. The SMILES string of the molecule is Cc1cc(C)c(C(C)(C)CCO)c([C@@](C)(C(=O)O)c2ccc(CC(C)C)cc2)c1. The first-order valence-corrected chi connectivity index (χ1v) is 10.5. The van der Waals surface area contributed by atoms with E-state index in [1.54, 1.807) is 6.92 Å². The van der Waals surface area contributed by atoms with E-state index in [0.717, 1.165) is 34.2 Å². The van der Waals surface area contributed by atoms with Gasteiger partial charge in [-0.1, -0.05) is 69.7 Å². The van der Waals surface area contributed by atoms with Crippen molar-refractivity contribution < 1.29 is 15.0 Å². The number of hydrogen-bond donors (Lipinski definition) is 2. The molecule has 3 heteroatoms. The van der Waals surface area contributed by atoms with Crippen LogP contribution in [0, 0.1) is 19.8 Å². The van der Waals surface area contributed by atoms with Gasteiger partial charge in [0.1, 0.15) is 5.41 Å². The van der Waals surface area contributed by atoms with E-state index in [9.17, 15) is 15.0 Å². The molecule has 0 spiro atoms. The highest BCUT2D eigenvalue weighted by Gasteiger charge is 2.42. The molecule has 0 aromatic heterocycles. The lowest BCUT2D eigenvalue weighted by Crippen LogP contribution is -2.37. The zero-order valence-corrected chi connectivity index (χ0v) is 19.0. The monoisotopic (exact) mass is 396 g/mol. The molecule has 158 valence electrons. The van der Waals surface area contributed by atoms with Gasteiger partial charge in [0.05, 0.1) is 0 Å². The van der Waals surface area contributed by atoms with E-state index in [4.69, 9.17) is 0 Å². The van der Waals surface area contributed by atoms with Crippen molar-refractivity contribution in [3.63, 3.8) is 0 Å². The minimum Gasteiger partial charge on any atom is -0.480 e. The molecule has 0 unspecified atom stereocenters. The molecular weight excluding hydrogens is 360 g/mol. The van der Waals surface area contributed by atoms with Gasteiger partial charge in [0.25, 0.3) is 0 Å². The van der Waals surface area contributed by atoms with Crippen LogP contribution in [0.3, 0.4) is 0 Å². The van der Waals surface area contributed by atoms with Gasteiger partial charge in [0, 0.05) is 6.61 Å². The molecule has 0 amide bonds. The van der Waals surface area contributed by atoms with Crippen LogP contribution in [0.15, 0.2) is 36.4 Å². The zero-order chi connectivity index (χ0) is 22.0. The number of carboxylic acid groups (broad SMARTS) is 1. The molecule has 0 aliphatic carbocycles. The maximum Gasteiger partial charge on any atom is 0.318 e. The third kappa shape index (κ3) is 4.72. The van der Waals surface area contributed by atoms with Crippen LogP contribution in [0.2, 0.25) is 0 Å². The summed E-state index contributed by atoms with van der Waals surface area (Å²) in [5.74, 6) is -0.308. The first-order chi connectivity index (χ1) is 13.4. The topological polar surface area (TPSA) is 57.5 Å². The van der Waals surface area contributed by atoms with Gasteiger partial charge in [0.2, 0.25) is 0 Å². The lowest BCUT2D eigenvalue weighted by Gasteiger charge is -2.36. The molecule has 29 heavy (non-hydrogen) atoms. The first kappa shape index (κ1) is 23.2. The average Bonchev–Trinajstić information content (AvgIpc) is 2.59. The van der Waals surface area contributed by atoms with Gasteiger partial charge >= 0.3 is 5.97 Å². The second kappa shape index (κ2) is 8.71. The van der Waals surface area contributed by atoms with Crippen LogP contribution in [-0.4, -0.2) is 22.8 Å². The number of aliphatic hydroxyl groups is 1. The number of aliphatic carboxylic acids is 1. The van der Waals surface area contributed by atoms with E-state index in [1.807, 2.05) is 32.0 Å². The van der Waals surface area contributed by atoms with Gasteiger partial charge in [-0.3, -0.25) is 4.79 Å². The lowest BCUT2D eigenvalue weighted by molar-refractivity contribution is -0.141. The van der Waals surface area contributed by atoms with Crippen LogP contribution in [0.5, 0.6) is 0 Å². The Balaban J connectivity index is 2.74. The third-order valence-corrected chi connectivity index (χ3v) is 6.04. The number of rotatable bonds is 8. The summed E-state index contributed by atoms with van der Waals surface area (Å²) in [7, 11) is 0. The Kier molecular flexibility index (Phi) is 6.95. The molecule has 0 aliphatic heterocycles. The van der Waals surface area contributed by atoms with Crippen molar-refractivity contribution in [2.75, 3.05) is 6.61 Å². The number of carboxylic acids is 1. The number of aryl methyl sites for hydroxylation is 2. The van der Waals surface area contributed by atoms with Crippen molar-refractivity contribution in [2.45, 2.75) is 72.1 Å². The minimum absolute atomic E-state index is 0.0629. The Morgan fingerprint density at radius 2 is 1.62 bits per heavy atom. The van der Waals surface area contributed by atoms with Crippen molar-refractivity contribution in [1.29, 1.82) is 0 Å². The van der Waals surface area contributed by atoms with Crippen LogP contribution < -0.4 is 0 Å². The number of hydrogen-bond acceptors (Lipinski definition) is 2. The van der Waals surface area contributed by atoms with Crippen molar-refractivity contribution >= 4 is 5.97 Å². The van der Waals surface area contributed by atoms with Gasteiger partial charge in [-0.05, 0) is 72.8 Å². The molecule has 0 heterocycles. The molecular formula is C26H36O3. The van der Waals surface area contributed by atoms with E-state index in [2.05, 4.69) is 45.9 Å². The van der Waals surface area contributed by atoms with Crippen LogP contribution in [0.1, 0.15) is 74.4 Å². The molecule has 2 rings (SSSR count). The van der Waals surface area contributed by atoms with Crippen molar-refractivity contribution in [1.82, 2.24) is 0 Å². The summed E-state index contributed by atoms with van der Waals surface area (Å²) >= 11 is 0. The largest absolute Gasteiger partial charge is 0.480 e. The molecule has 0 bridgehead atoms. The second-order valence-corrected chi connectivity index (χ2v) is 9.59. The molecule has 2 aromatic rings. The molecule has 2 aromatic carbocycles. The van der Waals surface area contributed by atoms with Gasteiger partial charge in [-0.25, -0.2) is 0 Å². The molecule has 0 saturated heterocycles. The zero-order valence-electron chi connectivity index (χ0n) is 19.0. The molecule has 3 nitrogen and oxygen atoms in total. The van der Waals surface area contributed by atoms with E-state index < -0.39 is 11.4 Å². The Bertz CT molecular complexity index is 862. The van der Waals surface area contributed by atoms with E-state index in [0.29, 0.717) is 12.3 Å². The van der Waals surface area contributed by atoms with Gasteiger partial charge in [0.15, 0.2) is 0 Å². The van der Waals surface area contributed by atoms with Crippen LogP contribution in [0.4, 0.5) is 0 Å². The fraction of sp³-hybridized carbons (Fsp3) is 0.500. The van der Waals surface area contributed by atoms with E-state index in [-0.39, 0.29) is 12.0 Å². The molecule has 2 N–H and O–H groups in total. The standard InChI is InChI=1S/C26H36O3/c1-17(2)14-20-8-10-21(11-9-20)26(7,24(28)29)22-16-18(3)15-19(4)23(22)25(5,6)12-13-27/h8-11,15-17,27H,12-14H2,1-7H3,(H,28,29)/t26-/m0/s1. The summed E-state index contributed by atoms with van der Waals surface area (Å²) in [4.78, 5) is 12.7. The Hall–Kier alpha value is -2.13. The normalized spacial score (nSPS) is 14.1. The predicted molar refractivity (Wildman–Crippen MR) is 120 cm³/mol. The van der Waals surface area contributed by atoms with E-state index >= 15 is 0 Å². The van der Waals surface area contributed by atoms with Crippen molar-refractivity contribution in [2.24, 2.45) is 5.92 Å². The fourth-order valence-corrected chi connectivity index (χ4v) is 4.50. The quantitative estimate of drug-likeness (QED) is 0.615. The third-order valence-electron chi connectivity index (χ3n) is 6.04. The van der Waals surface area contributed by atoms with Crippen LogP contribution in [0.25, 0.3) is 0 Å². The number of benzene rings is 2.